The molecule has 0 fully saturated rings. The van der Waals surface area contributed by atoms with Gasteiger partial charge in [0.05, 0.1) is 13.2 Å². The fourth-order valence-corrected chi connectivity index (χ4v) is 1.68. The van der Waals surface area contributed by atoms with E-state index in [1.54, 1.807) is 6.07 Å². The predicted molar refractivity (Wildman–Crippen MR) is 75.6 cm³/mol. The molecule has 104 valence electrons. The molecule has 1 aromatic heterocycles. The maximum absolute atomic E-state index is 11.9. The largest absolute Gasteiger partial charge is 0.467 e. The van der Waals surface area contributed by atoms with Gasteiger partial charge < -0.3 is 10.1 Å². The lowest BCUT2D eigenvalue weighted by atomic mass is 10.1. The van der Waals surface area contributed by atoms with Crippen LogP contribution in [0.2, 0.25) is 0 Å². The SMILES string of the molecule is COc1nccc(NC(=O)N[C@H](C)c2ccccc2)n1. The Bertz CT molecular complexity index is 574. The van der Waals surface area contributed by atoms with E-state index in [0.29, 0.717) is 5.82 Å². The van der Waals surface area contributed by atoms with Crippen LogP contribution in [-0.4, -0.2) is 23.1 Å². The van der Waals surface area contributed by atoms with Crippen molar-refractivity contribution >= 4 is 11.8 Å². The van der Waals surface area contributed by atoms with Crippen LogP contribution in [0.3, 0.4) is 0 Å². The number of urea groups is 1. The Morgan fingerprint density at radius 2 is 2.00 bits per heavy atom. The van der Waals surface area contributed by atoms with Gasteiger partial charge in [0.15, 0.2) is 0 Å². The first-order valence-corrected chi connectivity index (χ1v) is 6.18. The molecule has 0 aliphatic heterocycles. The quantitative estimate of drug-likeness (QED) is 0.895. The summed E-state index contributed by atoms with van der Waals surface area (Å²) in [4.78, 5) is 19.7. The van der Waals surface area contributed by atoms with Crippen molar-refractivity contribution in [2.75, 3.05) is 12.4 Å². The molecule has 0 unspecified atom stereocenters. The number of nitrogens with one attached hydrogen (secondary N) is 2. The number of hydrogen-bond donors (Lipinski definition) is 2. The monoisotopic (exact) mass is 272 g/mol. The van der Waals surface area contributed by atoms with Gasteiger partial charge in [-0.25, -0.2) is 9.78 Å². The molecule has 0 bridgehead atoms. The fourth-order valence-electron chi connectivity index (χ4n) is 1.68. The molecule has 2 rings (SSSR count). The second-order valence-corrected chi connectivity index (χ2v) is 4.16. The van der Waals surface area contributed by atoms with Crippen molar-refractivity contribution in [3.8, 4) is 6.01 Å². The number of carbonyl (C=O) groups is 1. The van der Waals surface area contributed by atoms with E-state index in [9.17, 15) is 4.79 Å². The minimum Gasteiger partial charge on any atom is -0.467 e. The number of benzene rings is 1. The second kappa shape index (κ2) is 6.51. The van der Waals surface area contributed by atoms with Crippen LogP contribution in [0.5, 0.6) is 6.01 Å². The van der Waals surface area contributed by atoms with E-state index >= 15 is 0 Å². The smallest absolute Gasteiger partial charge is 0.320 e. The van der Waals surface area contributed by atoms with E-state index in [4.69, 9.17) is 4.74 Å². The summed E-state index contributed by atoms with van der Waals surface area (Å²) in [5.41, 5.74) is 1.03. The van der Waals surface area contributed by atoms with Gasteiger partial charge in [-0.3, -0.25) is 5.32 Å². The van der Waals surface area contributed by atoms with Crippen molar-refractivity contribution in [2.45, 2.75) is 13.0 Å². The van der Waals surface area contributed by atoms with Gasteiger partial charge in [-0.2, -0.15) is 4.98 Å². The third-order valence-corrected chi connectivity index (χ3v) is 2.70. The van der Waals surface area contributed by atoms with E-state index in [0.717, 1.165) is 5.56 Å². The number of carbonyl (C=O) groups excluding carboxylic acids is 1. The molecule has 1 aromatic carbocycles. The molecule has 0 saturated heterocycles. The molecule has 2 aromatic rings. The number of amides is 2. The molecule has 0 aliphatic rings. The van der Waals surface area contributed by atoms with Crippen LogP contribution >= 0.6 is 0 Å². The minimum atomic E-state index is -0.331. The first-order chi connectivity index (χ1) is 9.69. The van der Waals surface area contributed by atoms with E-state index in [1.165, 1.54) is 13.3 Å². The summed E-state index contributed by atoms with van der Waals surface area (Å²) in [7, 11) is 1.47. The summed E-state index contributed by atoms with van der Waals surface area (Å²) in [5.74, 6) is 0.384. The lowest BCUT2D eigenvalue weighted by Gasteiger charge is -2.14. The molecule has 6 heteroatoms. The molecule has 1 heterocycles. The Hall–Kier alpha value is -2.63. The standard InChI is InChI=1S/C14H16N4O2/c1-10(11-6-4-3-5-7-11)16-13(19)17-12-8-9-15-14(18-12)20-2/h3-10H,1-2H3,(H2,15,16,17,18,19)/t10-/m1/s1. The van der Waals surface area contributed by atoms with E-state index in [-0.39, 0.29) is 18.1 Å². The van der Waals surface area contributed by atoms with Gasteiger partial charge in [-0.1, -0.05) is 30.3 Å². The molecule has 1 atom stereocenters. The molecule has 2 N–H and O–H groups in total. The Morgan fingerprint density at radius 3 is 2.70 bits per heavy atom. The average Bonchev–Trinajstić information content (AvgIpc) is 2.48. The molecular weight excluding hydrogens is 256 g/mol. The number of hydrogen-bond acceptors (Lipinski definition) is 4. The molecule has 20 heavy (non-hydrogen) atoms. The van der Waals surface area contributed by atoms with Crippen molar-refractivity contribution in [1.29, 1.82) is 0 Å². The van der Waals surface area contributed by atoms with Crippen LogP contribution in [0.4, 0.5) is 10.6 Å². The van der Waals surface area contributed by atoms with Gasteiger partial charge in [-0.05, 0) is 18.6 Å². The number of aromatic nitrogens is 2. The highest BCUT2D eigenvalue weighted by molar-refractivity contribution is 5.88. The summed E-state index contributed by atoms with van der Waals surface area (Å²) in [6.07, 6.45) is 1.52. The summed E-state index contributed by atoms with van der Waals surface area (Å²) >= 11 is 0. The average molecular weight is 272 g/mol. The van der Waals surface area contributed by atoms with Gasteiger partial charge in [0, 0.05) is 6.20 Å². The van der Waals surface area contributed by atoms with Crippen LogP contribution in [0.15, 0.2) is 42.6 Å². The van der Waals surface area contributed by atoms with Crippen molar-refractivity contribution in [3.63, 3.8) is 0 Å². The maximum Gasteiger partial charge on any atom is 0.320 e. The highest BCUT2D eigenvalue weighted by Crippen LogP contribution is 2.12. The molecule has 0 aliphatic carbocycles. The third-order valence-electron chi connectivity index (χ3n) is 2.70. The van der Waals surface area contributed by atoms with E-state index in [1.807, 2.05) is 37.3 Å². The summed E-state index contributed by atoms with van der Waals surface area (Å²) in [6, 6.07) is 11.1. The Balaban J connectivity index is 1.95. The zero-order valence-corrected chi connectivity index (χ0v) is 11.3. The normalized spacial score (nSPS) is 11.5. The summed E-state index contributed by atoms with van der Waals surface area (Å²) in [6.45, 7) is 1.91. The Labute approximate surface area is 117 Å². The highest BCUT2D eigenvalue weighted by Gasteiger charge is 2.10. The lowest BCUT2D eigenvalue weighted by Crippen LogP contribution is -2.31. The van der Waals surface area contributed by atoms with Gasteiger partial charge in [-0.15, -0.1) is 0 Å². The van der Waals surface area contributed by atoms with Crippen LogP contribution < -0.4 is 15.4 Å². The number of ether oxygens (including phenoxy) is 1. The van der Waals surface area contributed by atoms with Crippen LogP contribution in [0.1, 0.15) is 18.5 Å². The maximum atomic E-state index is 11.9. The van der Waals surface area contributed by atoms with E-state index in [2.05, 4.69) is 20.6 Å². The Morgan fingerprint density at radius 1 is 1.25 bits per heavy atom. The summed E-state index contributed by atoms with van der Waals surface area (Å²) < 4.78 is 4.89. The zero-order chi connectivity index (χ0) is 14.4. The molecule has 6 nitrogen and oxygen atoms in total. The minimum absolute atomic E-state index is 0.0973. The van der Waals surface area contributed by atoms with Crippen LogP contribution in [0.25, 0.3) is 0 Å². The van der Waals surface area contributed by atoms with Crippen molar-refractivity contribution in [3.05, 3.63) is 48.2 Å². The van der Waals surface area contributed by atoms with Crippen LogP contribution in [0, 0.1) is 0 Å². The van der Waals surface area contributed by atoms with Crippen LogP contribution in [-0.2, 0) is 0 Å². The fraction of sp³-hybridized carbons (Fsp3) is 0.214. The molecule has 2 amide bonds. The number of rotatable bonds is 4. The third kappa shape index (κ3) is 3.68. The molecular formula is C14H16N4O2. The van der Waals surface area contributed by atoms with Gasteiger partial charge in [0.25, 0.3) is 0 Å². The molecule has 0 saturated carbocycles. The van der Waals surface area contributed by atoms with E-state index < -0.39 is 0 Å². The lowest BCUT2D eigenvalue weighted by molar-refractivity contribution is 0.249. The molecule has 0 spiro atoms. The summed E-state index contributed by atoms with van der Waals surface area (Å²) in [5, 5.41) is 5.47. The Kier molecular flexibility index (Phi) is 4.49. The topological polar surface area (TPSA) is 76.1 Å². The van der Waals surface area contributed by atoms with Crippen molar-refractivity contribution < 1.29 is 9.53 Å². The highest BCUT2D eigenvalue weighted by atomic mass is 16.5. The van der Waals surface area contributed by atoms with Crippen molar-refractivity contribution in [1.82, 2.24) is 15.3 Å². The molecule has 0 radical (unpaired) electrons. The number of nitrogens with zero attached hydrogens (tertiary/aromatic N) is 2. The first kappa shape index (κ1) is 13.8. The predicted octanol–water partition coefficient (Wildman–Crippen LogP) is 2.37. The zero-order valence-electron chi connectivity index (χ0n) is 11.3. The number of anilines is 1. The van der Waals surface area contributed by atoms with Gasteiger partial charge in [0.1, 0.15) is 5.82 Å². The first-order valence-electron chi connectivity index (χ1n) is 6.18. The second-order valence-electron chi connectivity index (χ2n) is 4.16. The van der Waals surface area contributed by atoms with Crippen molar-refractivity contribution in [2.24, 2.45) is 0 Å². The van der Waals surface area contributed by atoms with Gasteiger partial charge >= 0.3 is 12.0 Å². The van der Waals surface area contributed by atoms with Gasteiger partial charge in [0.2, 0.25) is 0 Å². The number of methoxy groups -OCH3 is 1.